The molecule has 2 N–H and O–H groups in total. The normalized spacial score (nSPS) is 12.3. The van der Waals surface area contributed by atoms with E-state index in [9.17, 15) is 9.59 Å². The first-order chi connectivity index (χ1) is 18.9. The van der Waals surface area contributed by atoms with Gasteiger partial charge in [0.1, 0.15) is 11.6 Å². The van der Waals surface area contributed by atoms with Gasteiger partial charge in [0.15, 0.2) is 0 Å². The summed E-state index contributed by atoms with van der Waals surface area (Å²) < 4.78 is 5.65. The summed E-state index contributed by atoms with van der Waals surface area (Å²) >= 11 is 0. The number of carbonyl (C=O) groups is 2. The van der Waals surface area contributed by atoms with Crippen LogP contribution in [0.2, 0.25) is 0 Å². The highest BCUT2D eigenvalue weighted by Crippen LogP contribution is 2.38. The van der Waals surface area contributed by atoms with Gasteiger partial charge >= 0.3 is 6.03 Å². The second-order valence-electron chi connectivity index (χ2n) is 10.1. The molecule has 0 bridgehead atoms. The maximum Gasteiger partial charge on any atom is 0.325 e. The number of amides is 3. The maximum atomic E-state index is 12.7. The van der Waals surface area contributed by atoms with Crippen molar-refractivity contribution >= 4 is 40.8 Å². The van der Waals surface area contributed by atoms with E-state index in [0.717, 1.165) is 30.8 Å². The van der Waals surface area contributed by atoms with Crippen molar-refractivity contribution in [1.29, 1.82) is 0 Å². The Balaban J connectivity index is 0.00000131. The van der Waals surface area contributed by atoms with Gasteiger partial charge in [-0.15, -0.1) is 6.58 Å². The van der Waals surface area contributed by atoms with Crippen LogP contribution in [0.25, 0.3) is 0 Å². The quantitative estimate of drug-likeness (QED) is 0.305. The minimum Gasteiger partial charge on any atom is -0.494 e. The van der Waals surface area contributed by atoms with Crippen molar-refractivity contribution in [3.05, 3.63) is 48.7 Å². The summed E-state index contributed by atoms with van der Waals surface area (Å²) in [5, 5.41) is 6.07. The van der Waals surface area contributed by atoms with Gasteiger partial charge in [-0.05, 0) is 46.5 Å². The zero-order valence-electron chi connectivity index (χ0n) is 25.2. The van der Waals surface area contributed by atoms with E-state index in [1.54, 1.807) is 31.3 Å². The first-order valence-electron chi connectivity index (χ1n) is 13.2. The Morgan fingerprint density at radius 3 is 2.45 bits per heavy atom. The largest absolute Gasteiger partial charge is 0.494 e. The molecule has 11 nitrogen and oxygen atoms in total. The van der Waals surface area contributed by atoms with E-state index in [-0.39, 0.29) is 11.9 Å². The van der Waals surface area contributed by atoms with Gasteiger partial charge in [-0.25, -0.2) is 9.78 Å². The number of aromatic nitrogens is 2. The number of allylic oxidation sites excluding steroid dienone is 1. The molecule has 3 amide bonds. The van der Waals surface area contributed by atoms with Crippen LogP contribution >= 0.6 is 0 Å². The predicted octanol–water partition coefficient (Wildman–Crippen LogP) is 4.72. The Hall–Kier alpha value is -4.12. The average molecular weight is 553 g/mol. The number of nitrogens with one attached hydrogen (secondary N) is 2. The van der Waals surface area contributed by atoms with Crippen molar-refractivity contribution in [2.75, 3.05) is 75.4 Å². The molecule has 2 heterocycles. The lowest BCUT2D eigenvalue weighted by molar-refractivity contribution is -0.111. The molecule has 0 fully saturated rings. The minimum absolute atomic E-state index is 0.0916. The number of fused-ring (bicyclic) bond motifs is 1. The summed E-state index contributed by atoms with van der Waals surface area (Å²) in [5.74, 6) is 1.10. The smallest absolute Gasteiger partial charge is 0.325 e. The van der Waals surface area contributed by atoms with Gasteiger partial charge in [0.2, 0.25) is 11.9 Å². The Morgan fingerprint density at radius 2 is 1.88 bits per heavy atom. The highest BCUT2D eigenvalue weighted by atomic mass is 16.5. The van der Waals surface area contributed by atoms with Gasteiger partial charge < -0.3 is 30.1 Å². The second kappa shape index (κ2) is 14.9. The summed E-state index contributed by atoms with van der Waals surface area (Å²) in [4.78, 5) is 41.4. The number of ether oxygens (including phenoxy) is 1. The Kier molecular flexibility index (Phi) is 11.9. The fraction of sp³-hybridized carbons (Fsp3) is 0.448. The van der Waals surface area contributed by atoms with Crippen LogP contribution in [0.4, 0.5) is 33.6 Å². The van der Waals surface area contributed by atoms with Crippen LogP contribution in [0.5, 0.6) is 5.75 Å². The molecule has 1 aliphatic rings. The molecule has 11 heteroatoms. The molecular formula is C29H44N8O3. The van der Waals surface area contributed by atoms with Crippen LogP contribution in [0.15, 0.2) is 43.1 Å². The number of rotatable bonds is 11. The van der Waals surface area contributed by atoms with Crippen molar-refractivity contribution in [3.8, 4) is 5.75 Å². The summed E-state index contributed by atoms with van der Waals surface area (Å²) in [6.07, 6.45) is 3.83. The average Bonchev–Trinajstić information content (AvgIpc) is 2.90. The van der Waals surface area contributed by atoms with Gasteiger partial charge in [0.25, 0.3) is 0 Å². The number of hydrogen-bond acceptors (Lipinski definition) is 8. The van der Waals surface area contributed by atoms with Crippen LogP contribution in [0.1, 0.15) is 32.8 Å². The Labute approximate surface area is 238 Å². The topological polar surface area (TPSA) is 106 Å². The molecule has 218 valence electrons. The molecule has 1 aliphatic heterocycles. The second-order valence-corrected chi connectivity index (χ2v) is 10.1. The van der Waals surface area contributed by atoms with Crippen molar-refractivity contribution in [2.24, 2.45) is 0 Å². The monoisotopic (exact) mass is 552 g/mol. The maximum absolute atomic E-state index is 12.7. The molecule has 1 aromatic heterocycles. The molecule has 1 aromatic carbocycles. The van der Waals surface area contributed by atoms with Crippen LogP contribution in [0, 0.1) is 0 Å². The lowest BCUT2D eigenvalue weighted by Crippen LogP contribution is -2.45. The summed E-state index contributed by atoms with van der Waals surface area (Å²) in [7, 11) is 9.26. The van der Waals surface area contributed by atoms with Crippen LogP contribution in [-0.4, -0.2) is 86.6 Å². The Bertz CT molecular complexity index is 1210. The molecule has 0 aliphatic carbocycles. The summed E-state index contributed by atoms with van der Waals surface area (Å²) in [5.41, 5.74) is 3.99. The molecule has 0 radical (unpaired) electrons. The Morgan fingerprint density at radius 1 is 1.20 bits per heavy atom. The third-order valence-corrected chi connectivity index (χ3v) is 5.87. The van der Waals surface area contributed by atoms with E-state index in [1.165, 1.54) is 16.5 Å². The fourth-order valence-corrected chi connectivity index (χ4v) is 3.91. The lowest BCUT2D eigenvalue weighted by atomic mass is 10.2. The van der Waals surface area contributed by atoms with Crippen molar-refractivity contribution in [3.63, 3.8) is 0 Å². The predicted molar refractivity (Wildman–Crippen MR) is 164 cm³/mol. The molecule has 0 unspecified atom stereocenters. The zero-order valence-corrected chi connectivity index (χ0v) is 25.2. The number of likely N-dealkylation sites (N-methyl/N-ethyl adjacent to an activating group) is 2. The lowest BCUT2D eigenvalue weighted by Gasteiger charge is -2.33. The number of nitrogens with zero attached hydrogens (tertiary/aromatic N) is 6. The van der Waals surface area contributed by atoms with Gasteiger partial charge in [0, 0.05) is 51.6 Å². The number of hydrogen-bond donors (Lipinski definition) is 2. The van der Waals surface area contributed by atoms with Crippen molar-refractivity contribution in [2.45, 2.75) is 33.7 Å². The number of methoxy groups -OCH3 is 1. The van der Waals surface area contributed by atoms with Crippen LogP contribution in [-0.2, 0) is 11.3 Å². The van der Waals surface area contributed by atoms with Crippen LogP contribution < -0.4 is 25.2 Å². The zero-order chi connectivity index (χ0) is 30.0. The first kappa shape index (κ1) is 32.1. The molecular weight excluding hydrogens is 508 g/mol. The molecule has 0 saturated carbocycles. The highest BCUT2D eigenvalue weighted by molar-refractivity contribution is 6.02. The van der Waals surface area contributed by atoms with Crippen molar-refractivity contribution < 1.29 is 14.3 Å². The van der Waals surface area contributed by atoms with E-state index in [4.69, 9.17) is 4.74 Å². The van der Waals surface area contributed by atoms with Crippen molar-refractivity contribution in [1.82, 2.24) is 19.8 Å². The fourth-order valence-electron chi connectivity index (χ4n) is 3.91. The van der Waals surface area contributed by atoms with Crippen LogP contribution in [0.3, 0.4) is 0 Å². The minimum atomic E-state index is -0.324. The van der Waals surface area contributed by atoms with E-state index in [2.05, 4.69) is 38.7 Å². The molecule has 0 saturated heterocycles. The first-order valence-corrected chi connectivity index (χ1v) is 13.2. The summed E-state index contributed by atoms with van der Waals surface area (Å²) in [6.45, 7) is 15.8. The third-order valence-electron chi connectivity index (χ3n) is 5.87. The molecule has 0 atom stereocenters. The van der Waals surface area contributed by atoms with Gasteiger partial charge in [0.05, 0.1) is 30.7 Å². The number of urea groups is 1. The number of anilines is 5. The number of carbonyl (C=O) groups excluding carboxylic acids is 2. The van der Waals surface area contributed by atoms with Gasteiger partial charge in [-0.1, -0.05) is 19.1 Å². The van der Waals surface area contributed by atoms with E-state index in [1.807, 2.05) is 52.9 Å². The SMILES string of the molecule is C=C(C)C.C=CC(=O)Nc1cc(Nc2ncc3c(n2)N(C)C(=O)N(CCC)C3)c(OC)cc1N(C)CCN(C)C. The molecule has 40 heavy (non-hydrogen) atoms. The van der Waals surface area contributed by atoms with Gasteiger partial charge in [-0.2, -0.15) is 4.98 Å². The highest BCUT2D eigenvalue weighted by Gasteiger charge is 2.29. The van der Waals surface area contributed by atoms with Gasteiger partial charge in [-0.3, -0.25) is 9.69 Å². The number of benzene rings is 1. The summed E-state index contributed by atoms with van der Waals surface area (Å²) in [6, 6.07) is 3.54. The van der Waals surface area contributed by atoms with E-state index < -0.39 is 0 Å². The standard InChI is InChI=1S/C25H36N8O3.C4H8/c1-8-10-33-16-17-15-26-24(29-23(17)32(6)25(33)35)28-19-13-18(27-22(34)9-2)20(14-21(19)36-7)31(5)12-11-30(3)4;1-4(2)3/h9,13-15H,2,8,10-12,16H2,1,3-7H3,(H,27,34)(H,26,28,29);1H2,2-3H3. The third kappa shape index (κ3) is 8.70. The van der Waals surface area contributed by atoms with E-state index in [0.29, 0.717) is 42.0 Å². The molecule has 2 aromatic rings. The van der Waals surface area contributed by atoms with E-state index >= 15 is 0 Å². The molecule has 3 rings (SSSR count). The molecule has 0 spiro atoms.